The number of benzene rings is 2. The van der Waals surface area contributed by atoms with Crippen molar-refractivity contribution in [1.29, 1.82) is 0 Å². The average molecular weight is 238 g/mol. The highest BCUT2D eigenvalue weighted by molar-refractivity contribution is 5.39. The summed E-state index contributed by atoms with van der Waals surface area (Å²) >= 11 is 0. The zero-order valence-electron chi connectivity index (χ0n) is 11.6. The summed E-state index contributed by atoms with van der Waals surface area (Å²) in [7, 11) is 0. The third-order valence-electron chi connectivity index (χ3n) is 4.14. The van der Waals surface area contributed by atoms with E-state index in [1.54, 1.807) is 11.1 Å². The third-order valence-corrected chi connectivity index (χ3v) is 4.14. The number of hydrogen-bond donors (Lipinski definition) is 0. The van der Waals surface area contributed by atoms with E-state index in [4.69, 9.17) is 0 Å². The van der Waals surface area contributed by atoms with E-state index in [1.165, 1.54) is 6.42 Å². The van der Waals surface area contributed by atoms with Gasteiger partial charge in [-0.2, -0.15) is 0 Å². The van der Waals surface area contributed by atoms with Gasteiger partial charge in [0.1, 0.15) is 0 Å². The van der Waals surface area contributed by atoms with Crippen molar-refractivity contribution in [3.8, 4) is 0 Å². The Balaban J connectivity index is 0.000000169. The maximum absolute atomic E-state index is 2.35. The molecule has 3 rings (SSSR count). The van der Waals surface area contributed by atoms with Crippen molar-refractivity contribution < 1.29 is 0 Å². The zero-order chi connectivity index (χ0) is 13.0. The van der Waals surface area contributed by atoms with E-state index < -0.39 is 0 Å². The molecule has 1 unspecified atom stereocenters. The van der Waals surface area contributed by atoms with Crippen LogP contribution in [0, 0.1) is 5.92 Å². The molecule has 2 aromatic carbocycles. The average Bonchev–Trinajstić information content (AvgIpc) is 2.64. The van der Waals surface area contributed by atoms with E-state index in [0.717, 1.165) is 5.92 Å². The van der Waals surface area contributed by atoms with Crippen LogP contribution in [0.5, 0.6) is 0 Å². The van der Waals surface area contributed by atoms with E-state index in [0.29, 0.717) is 5.41 Å². The van der Waals surface area contributed by atoms with E-state index in [9.17, 15) is 0 Å². The standard InChI is InChI=1S/C12H16.C6H6/c1-9-8-10-6-4-5-7-11(10)12(9,2)3;1-2-4-6-5-3-1/h4-7,9H,8H2,1-3H3;1-6H. The Morgan fingerprint density at radius 3 is 1.83 bits per heavy atom. The molecule has 0 spiro atoms. The highest BCUT2D eigenvalue weighted by Crippen LogP contribution is 2.42. The van der Waals surface area contributed by atoms with Gasteiger partial charge in [-0.15, -0.1) is 0 Å². The molecule has 0 bridgehead atoms. The van der Waals surface area contributed by atoms with Gasteiger partial charge in [-0.05, 0) is 28.9 Å². The Bertz CT molecular complexity index is 456. The Morgan fingerprint density at radius 1 is 0.833 bits per heavy atom. The summed E-state index contributed by atoms with van der Waals surface area (Å²) in [5, 5.41) is 0. The zero-order valence-corrected chi connectivity index (χ0v) is 11.6. The van der Waals surface area contributed by atoms with Crippen LogP contribution in [0.2, 0.25) is 0 Å². The Hall–Kier alpha value is -1.56. The first-order chi connectivity index (χ1) is 8.62. The second kappa shape index (κ2) is 5.39. The minimum Gasteiger partial charge on any atom is -0.0623 e. The van der Waals surface area contributed by atoms with Crippen molar-refractivity contribution in [3.05, 3.63) is 71.8 Å². The summed E-state index contributed by atoms with van der Waals surface area (Å²) in [6, 6.07) is 20.8. The largest absolute Gasteiger partial charge is 0.0623 e. The van der Waals surface area contributed by atoms with E-state index >= 15 is 0 Å². The molecule has 1 aliphatic rings. The van der Waals surface area contributed by atoms with Crippen LogP contribution in [0.4, 0.5) is 0 Å². The lowest BCUT2D eigenvalue weighted by molar-refractivity contribution is 0.379. The van der Waals surface area contributed by atoms with Crippen LogP contribution in [-0.4, -0.2) is 0 Å². The molecule has 0 aliphatic heterocycles. The van der Waals surface area contributed by atoms with Crippen LogP contribution in [0.1, 0.15) is 31.9 Å². The molecular weight excluding hydrogens is 216 g/mol. The van der Waals surface area contributed by atoms with Crippen molar-refractivity contribution in [2.45, 2.75) is 32.6 Å². The monoisotopic (exact) mass is 238 g/mol. The summed E-state index contributed by atoms with van der Waals surface area (Å²) in [5.74, 6) is 0.787. The van der Waals surface area contributed by atoms with E-state index in [1.807, 2.05) is 36.4 Å². The van der Waals surface area contributed by atoms with Crippen molar-refractivity contribution >= 4 is 0 Å². The molecule has 0 aromatic heterocycles. The first-order valence-corrected chi connectivity index (χ1v) is 6.71. The quantitative estimate of drug-likeness (QED) is 0.616. The Kier molecular flexibility index (Phi) is 3.86. The minimum atomic E-state index is 0.386. The first-order valence-electron chi connectivity index (χ1n) is 6.71. The molecule has 0 amide bonds. The predicted octanol–water partition coefficient (Wildman–Crippen LogP) is 4.84. The van der Waals surface area contributed by atoms with Crippen LogP contribution in [0.3, 0.4) is 0 Å². The van der Waals surface area contributed by atoms with Crippen molar-refractivity contribution in [2.75, 3.05) is 0 Å². The van der Waals surface area contributed by atoms with Gasteiger partial charge in [-0.25, -0.2) is 0 Å². The predicted molar refractivity (Wildman–Crippen MR) is 78.8 cm³/mol. The lowest BCUT2D eigenvalue weighted by Gasteiger charge is -2.24. The van der Waals surface area contributed by atoms with Gasteiger partial charge in [-0.1, -0.05) is 81.4 Å². The molecule has 0 nitrogen and oxygen atoms in total. The summed E-state index contributed by atoms with van der Waals surface area (Å²) in [5.41, 5.74) is 3.49. The fourth-order valence-electron chi connectivity index (χ4n) is 2.56. The minimum absolute atomic E-state index is 0.386. The van der Waals surface area contributed by atoms with Crippen molar-refractivity contribution in [2.24, 2.45) is 5.92 Å². The molecule has 0 saturated heterocycles. The first kappa shape index (κ1) is 12.9. The van der Waals surface area contributed by atoms with Gasteiger partial charge in [0.15, 0.2) is 0 Å². The lowest BCUT2D eigenvalue weighted by Crippen LogP contribution is -2.21. The van der Waals surface area contributed by atoms with Crippen molar-refractivity contribution in [1.82, 2.24) is 0 Å². The molecule has 18 heavy (non-hydrogen) atoms. The maximum Gasteiger partial charge on any atom is -0.00721 e. The summed E-state index contributed by atoms with van der Waals surface area (Å²) in [4.78, 5) is 0. The van der Waals surface area contributed by atoms with Gasteiger partial charge >= 0.3 is 0 Å². The fourth-order valence-corrected chi connectivity index (χ4v) is 2.56. The number of fused-ring (bicyclic) bond motifs is 1. The molecule has 2 aromatic rings. The fraction of sp³-hybridized carbons (Fsp3) is 0.333. The molecule has 0 heteroatoms. The van der Waals surface area contributed by atoms with Crippen LogP contribution < -0.4 is 0 Å². The Morgan fingerprint density at radius 2 is 1.33 bits per heavy atom. The van der Waals surface area contributed by atoms with Crippen LogP contribution in [0.15, 0.2) is 60.7 Å². The van der Waals surface area contributed by atoms with Gasteiger partial charge in [0.25, 0.3) is 0 Å². The number of hydrogen-bond acceptors (Lipinski definition) is 0. The molecule has 1 atom stereocenters. The second-order valence-corrected chi connectivity index (χ2v) is 5.64. The van der Waals surface area contributed by atoms with Gasteiger partial charge in [0.2, 0.25) is 0 Å². The topological polar surface area (TPSA) is 0 Å². The third kappa shape index (κ3) is 2.64. The Labute approximate surface area is 111 Å². The molecule has 94 valence electrons. The smallest absolute Gasteiger partial charge is 0.00721 e. The normalized spacial score (nSPS) is 19.6. The van der Waals surface area contributed by atoms with Gasteiger partial charge in [0.05, 0.1) is 0 Å². The summed E-state index contributed by atoms with van der Waals surface area (Å²) in [6.07, 6.45) is 1.25. The maximum atomic E-state index is 2.35. The van der Waals surface area contributed by atoms with Crippen LogP contribution >= 0.6 is 0 Å². The summed E-state index contributed by atoms with van der Waals surface area (Å²) < 4.78 is 0. The summed E-state index contributed by atoms with van der Waals surface area (Å²) in [6.45, 7) is 7.05. The highest BCUT2D eigenvalue weighted by Gasteiger charge is 2.35. The molecule has 0 heterocycles. The second-order valence-electron chi connectivity index (χ2n) is 5.64. The van der Waals surface area contributed by atoms with Gasteiger partial charge in [-0.3, -0.25) is 0 Å². The molecular formula is C18H22. The van der Waals surface area contributed by atoms with Crippen molar-refractivity contribution in [3.63, 3.8) is 0 Å². The molecule has 0 N–H and O–H groups in total. The van der Waals surface area contributed by atoms with E-state index in [-0.39, 0.29) is 0 Å². The van der Waals surface area contributed by atoms with E-state index in [2.05, 4.69) is 45.0 Å². The SMILES string of the molecule is CC1Cc2ccccc2C1(C)C.c1ccccc1. The molecule has 0 saturated carbocycles. The molecule has 1 aliphatic carbocycles. The van der Waals surface area contributed by atoms with Gasteiger partial charge in [0, 0.05) is 0 Å². The molecule has 0 fully saturated rings. The molecule has 0 radical (unpaired) electrons. The highest BCUT2D eigenvalue weighted by atomic mass is 14.4. The van der Waals surface area contributed by atoms with Gasteiger partial charge < -0.3 is 0 Å². The lowest BCUT2D eigenvalue weighted by atomic mass is 9.80. The van der Waals surface area contributed by atoms with Crippen LogP contribution in [0.25, 0.3) is 0 Å². The number of rotatable bonds is 0. The van der Waals surface area contributed by atoms with Crippen LogP contribution in [-0.2, 0) is 11.8 Å².